The highest BCUT2D eigenvalue weighted by atomic mass is 16.5. The van der Waals surface area contributed by atoms with Crippen molar-refractivity contribution in [1.82, 2.24) is 5.23 Å². The molecule has 0 saturated carbocycles. The molecule has 8 heteroatoms. The van der Waals surface area contributed by atoms with E-state index in [1.54, 1.807) is 12.1 Å². The van der Waals surface area contributed by atoms with Gasteiger partial charge in [-0.3, -0.25) is 14.5 Å². The molecule has 1 atom stereocenters. The maximum Gasteiger partial charge on any atom is 0.325 e. The van der Waals surface area contributed by atoms with Gasteiger partial charge in [-0.15, -0.1) is 0 Å². The Hall–Kier alpha value is -2.35. The molecule has 0 radical (unpaired) electrons. The summed E-state index contributed by atoms with van der Waals surface area (Å²) in [7, 11) is 1.34. The monoisotopic (exact) mass is 289 g/mol. The number of para-hydroxylation sites is 2. The van der Waals surface area contributed by atoms with Gasteiger partial charge in [0.2, 0.25) is 5.91 Å². The van der Waals surface area contributed by atoms with E-state index >= 15 is 0 Å². The highest BCUT2D eigenvalue weighted by molar-refractivity contribution is 6.64. The molecule has 1 aliphatic heterocycles. The Morgan fingerprint density at radius 1 is 1.57 bits per heavy atom. The SMILES string of the molecule is COC(=O)CN1C(=O)[C@@H](NBC=O)CNc2ccccc21. The molecule has 0 unspecified atom stereocenters. The molecule has 7 nitrogen and oxygen atoms in total. The number of carbonyl (C=O) groups excluding carboxylic acids is 3. The van der Waals surface area contributed by atoms with Crippen LogP contribution in [0, 0.1) is 0 Å². The molecule has 2 rings (SSSR count). The molecule has 2 N–H and O–H groups in total. The Kier molecular flexibility index (Phi) is 4.94. The van der Waals surface area contributed by atoms with Crippen molar-refractivity contribution in [3.05, 3.63) is 24.3 Å². The van der Waals surface area contributed by atoms with Crippen LogP contribution in [0.2, 0.25) is 0 Å². The fourth-order valence-electron chi connectivity index (χ4n) is 2.17. The van der Waals surface area contributed by atoms with Crippen LogP contribution in [-0.2, 0) is 19.1 Å². The number of benzene rings is 1. The number of nitrogens with one attached hydrogen (secondary N) is 2. The second kappa shape index (κ2) is 6.89. The van der Waals surface area contributed by atoms with Crippen molar-refractivity contribution in [3.8, 4) is 0 Å². The Morgan fingerprint density at radius 3 is 3.05 bits per heavy atom. The molecule has 1 heterocycles. The standard InChI is InChI=1S/C13H16BN3O4/c1-21-12(19)7-17-11-5-3-2-4-9(11)15-6-10(13(17)20)16-14-8-18/h2-5,8,10,14-16H,6-7H2,1H3/t10-/m0/s1. The first-order valence-corrected chi connectivity index (χ1v) is 6.55. The van der Waals surface area contributed by atoms with Crippen LogP contribution in [0.4, 0.5) is 11.4 Å². The lowest BCUT2D eigenvalue weighted by atomic mass is 9.96. The molecule has 1 amide bonds. The summed E-state index contributed by atoms with van der Waals surface area (Å²) in [5.41, 5.74) is 1.37. The zero-order chi connectivity index (χ0) is 15.2. The summed E-state index contributed by atoms with van der Waals surface area (Å²) in [5, 5.41) is 5.99. The first-order chi connectivity index (χ1) is 10.2. The van der Waals surface area contributed by atoms with E-state index in [1.807, 2.05) is 12.1 Å². The number of rotatable bonds is 5. The van der Waals surface area contributed by atoms with Gasteiger partial charge in [-0.1, -0.05) is 12.1 Å². The van der Waals surface area contributed by atoms with E-state index in [1.165, 1.54) is 12.0 Å². The maximum absolute atomic E-state index is 12.6. The summed E-state index contributed by atoms with van der Waals surface area (Å²) in [6.07, 6.45) is 0.690. The van der Waals surface area contributed by atoms with Gasteiger partial charge in [0.15, 0.2) is 0 Å². The van der Waals surface area contributed by atoms with Crippen molar-refractivity contribution in [1.29, 1.82) is 0 Å². The van der Waals surface area contributed by atoms with E-state index in [9.17, 15) is 14.4 Å². The summed E-state index contributed by atoms with van der Waals surface area (Å²) in [5.74, 6) is -0.783. The van der Waals surface area contributed by atoms with Crippen molar-refractivity contribution >= 4 is 36.9 Å². The summed E-state index contributed by atoms with van der Waals surface area (Å²) < 4.78 is 4.64. The zero-order valence-corrected chi connectivity index (χ0v) is 11.7. The van der Waals surface area contributed by atoms with Crippen molar-refractivity contribution in [2.24, 2.45) is 0 Å². The largest absolute Gasteiger partial charge is 0.468 e. The molecule has 0 bridgehead atoms. The molecule has 21 heavy (non-hydrogen) atoms. The van der Waals surface area contributed by atoms with Crippen LogP contribution in [0.5, 0.6) is 0 Å². The van der Waals surface area contributed by atoms with E-state index in [0.29, 0.717) is 18.4 Å². The lowest BCUT2D eigenvalue weighted by Crippen LogP contribution is -2.51. The Morgan fingerprint density at radius 2 is 2.33 bits per heavy atom. The minimum absolute atomic E-state index is 0.0699. The van der Waals surface area contributed by atoms with Gasteiger partial charge < -0.3 is 20.1 Å². The van der Waals surface area contributed by atoms with Gasteiger partial charge in [-0.05, 0) is 12.1 Å². The number of esters is 1. The summed E-state index contributed by atoms with van der Waals surface area (Å²) in [4.78, 5) is 36.0. The molecule has 1 aromatic carbocycles. The van der Waals surface area contributed by atoms with Crippen LogP contribution in [-0.4, -0.2) is 51.7 Å². The Bertz CT molecular complexity index is 552. The van der Waals surface area contributed by atoms with Crippen LogP contribution in [0.3, 0.4) is 0 Å². The van der Waals surface area contributed by atoms with Crippen molar-refractivity contribution < 1.29 is 19.1 Å². The van der Waals surface area contributed by atoms with Gasteiger partial charge in [-0.25, -0.2) is 0 Å². The molecular formula is C13H16BN3O4. The van der Waals surface area contributed by atoms with Gasteiger partial charge in [-0.2, -0.15) is 0 Å². The predicted octanol–water partition coefficient (Wildman–Crippen LogP) is -0.882. The number of hydrogen-bond acceptors (Lipinski definition) is 6. The Balaban J connectivity index is 2.31. The van der Waals surface area contributed by atoms with Crippen LogP contribution in [0.1, 0.15) is 0 Å². The van der Waals surface area contributed by atoms with Crippen molar-refractivity contribution in [2.45, 2.75) is 6.04 Å². The minimum atomic E-state index is -0.591. The lowest BCUT2D eigenvalue weighted by molar-refractivity contribution is -0.140. The number of anilines is 2. The van der Waals surface area contributed by atoms with Crippen LogP contribution < -0.4 is 15.4 Å². The van der Waals surface area contributed by atoms with E-state index < -0.39 is 12.0 Å². The van der Waals surface area contributed by atoms with Gasteiger partial charge >= 0.3 is 5.97 Å². The lowest BCUT2D eigenvalue weighted by Gasteiger charge is -2.24. The fraction of sp³-hybridized carbons (Fsp3) is 0.308. The molecule has 1 aromatic rings. The predicted molar refractivity (Wildman–Crippen MR) is 80.1 cm³/mol. The third kappa shape index (κ3) is 3.40. The van der Waals surface area contributed by atoms with E-state index in [2.05, 4.69) is 15.3 Å². The number of ether oxygens (including phenoxy) is 1. The molecule has 1 aliphatic rings. The molecule has 0 spiro atoms. The highest BCUT2D eigenvalue weighted by Crippen LogP contribution is 2.28. The summed E-state index contributed by atoms with van der Waals surface area (Å²) in [6.45, 7) is 0.161. The average molecular weight is 289 g/mol. The van der Waals surface area contributed by atoms with Crippen molar-refractivity contribution in [3.63, 3.8) is 0 Å². The van der Waals surface area contributed by atoms with Crippen molar-refractivity contribution in [2.75, 3.05) is 30.4 Å². The van der Waals surface area contributed by atoms with E-state index in [0.717, 1.165) is 5.69 Å². The highest BCUT2D eigenvalue weighted by Gasteiger charge is 2.31. The van der Waals surface area contributed by atoms with E-state index in [4.69, 9.17) is 0 Å². The van der Waals surface area contributed by atoms with E-state index in [-0.39, 0.29) is 19.9 Å². The molecular weight excluding hydrogens is 273 g/mol. The second-order valence-electron chi connectivity index (χ2n) is 4.53. The third-order valence-corrected chi connectivity index (χ3v) is 3.22. The number of methoxy groups -OCH3 is 1. The average Bonchev–Trinajstić information content (AvgIpc) is 2.64. The first-order valence-electron chi connectivity index (χ1n) is 6.55. The number of hydrogen-bond donors (Lipinski definition) is 2. The van der Waals surface area contributed by atoms with Gasteiger partial charge in [0.05, 0.1) is 30.7 Å². The number of fused-ring (bicyclic) bond motifs is 1. The third-order valence-electron chi connectivity index (χ3n) is 3.22. The van der Waals surface area contributed by atoms with Crippen LogP contribution in [0.25, 0.3) is 0 Å². The van der Waals surface area contributed by atoms with Crippen LogP contribution >= 0.6 is 0 Å². The Labute approximate surface area is 122 Å². The normalized spacial score (nSPS) is 17.3. The van der Waals surface area contributed by atoms with Gasteiger partial charge in [0, 0.05) is 6.54 Å². The molecule has 110 valence electrons. The topological polar surface area (TPSA) is 87.7 Å². The maximum atomic E-state index is 12.6. The molecule has 0 fully saturated rings. The quantitative estimate of drug-likeness (QED) is 0.416. The van der Waals surface area contributed by atoms with Gasteiger partial charge in [0.25, 0.3) is 7.41 Å². The second-order valence-corrected chi connectivity index (χ2v) is 4.53. The van der Waals surface area contributed by atoms with Gasteiger partial charge in [0.1, 0.15) is 6.54 Å². The molecule has 0 aromatic heterocycles. The van der Waals surface area contributed by atoms with Crippen LogP contribution in [0.15, 0.2) is 24.3 Å². The smallest absolute Gasteiger partial charge is 0.325 e. The zero-order valence-electron chi connectivity index (χ0n) is 11.7. The number of carbonyl (C=O) groups is 3. The molecule has 0 saturated heterocycles. The summed E-state index contributed by atoms with van der Waals surface area (Å²) >= 11 is 0. The number of amides is 1. The number of nitrogens with zero attached hydrogens (tertiary/aromatic N) is 1. The minimum Gasteiger partial charge on any atom is -0.468 e. The molecule has 0 aliphatic carbocycles. The summed E-state index contributed by atoms with van der Waals surface area (Å²) in [6, 6.07) is 6.62. The fourth-order valence-corrected chi connectivity index (χ4v) is 2.17. The first kappa shape index (κ1) is 15.1.